The first-order chi connectivity index (χ1) is 14.9. The Kier molecular flexibility index (Phi) is 6.23. The van der Waals surface area contributed by atoms with E-state index in [1.165, 1.54) is 12.8 Å². The van der Waals surface area contributed by atoms with Gasteiger partial charge >= 0.3 is 0 Å². The fraction of sp³-hybridized carbons (Fsp3) is 0.458. The quantitative estimate of drug-likeness (QED) is 0.680. The van der Waals surface area contributed by atoms with E-state index in [1.54, 1.807) is 17.9 Å². The van der Waals surface area contributed by atoms with Crippen LogP contribution in [0.2, 0.25) is 0 Å². The van der Waals surface area contributed by atoms with Crippen LogP contribution in [0.4, 0.5) is 5.82 Å². The van der Waals surface area contributed by atoms with Crippen LogP contribution in [0.3, 0.4) is 0 Å². The number of nitrogens with zero attached hydrogens (tertiary/aromatic N) is 2. The molecule has 4 rings (SSSR count). The Bertz CT molecular complexity index is 971. The molecule has 0 radical (unpaired) electrons. The lowest BCUT2D eigenvalue weighted by atomic mass is 9.95. The average Bonchev–Trinajstić information content (AvgIpc) is 3.48. The maximum Gasteiger partial charge on any atom is 0.245 e. The first-order valence-corrected chi connectivity index (χ1v) is 10.8. The number of ether oxygens (including phenoxy) is 1. The number of aromatic nitrogens is 1. The van der Waals surface area contributed by atoms with E-state index in [-0.39, 0.29) is 24.3 Å². The number of likely N-dealkylation sites (tertiary alicyclic amines) is 1. The zero-order valence-corrected chi connectivity index (χ0v) is 18.0. The van der Waals surface area contributed by atoms with Gasteiger partial charge in [-0.3, -0.25) is 9.59 Å². The number of benzene rings is 1. The van der Waals surface area contributed by atoms with Crippen molar-refractivity contribution in [3.8, 4) is 5.75 Å². The summed E-state index contributed by atoms with van der Waals surface area (Å²) in [6.45, 7) is 4.72. The number of anilines is 1. The van der Waals surface area contributed by atoms with Crippen LogP contribution in [0.15, 0.2) is 36.4 Å². The average molecular weight is 424 g/mol. The topological polar surface area (TPSA) is 91.8 Å². The normalized spacial score (nSPS) is 19.4. The van der Waals surface area contributed by atoms with Gasteiger partial charge in [0, 0.05) is 30.1 Å². The smallest absolute Gasteiger partial charge is 0.245 e. The summed E-state index contributed by atoms with van der Waals surface area (Å²) in [5.41, 5.74) is 2.57. The number of nitrogens with one attached hydrogen (secondary N) is 1. The van der Waals surface area contributed by atoms with E-state index in [0.29, 0.717) is 37.1 Å². The molecule has 0 bridgehead atoms. The third-order valence-electron chi connectivity index (χ3n) is 5.84. The SMILES string of the molecule is Cc1cccc(NC(=O)CN2C[C@H](c3ccc(C(C)O)c(OCC4CC4)c3)CC2=O)n1. The van der Waals surface area contributed by atoms with E-state index in [2.05, 4.69) is 10.3 Å². The zero-order chi connectivity index (χ0) is 22.0. The highest BCUT2D eigenvalue weighted by Crippen LogP contribution is 2.35. The van der Waals surface area contributed by atoms with Crippen LogP contribution in [0, 0.1) is 12.8 Å². The Labute approximate surface area is 182 Å². The molecule has 7 heteroatoms. The maximum atomic E-state index is 12.5. The van der Waals surface area contributed by atoms with Crippen molar-refractivity contribution in [3.05, 3.63) is 53.2 Å². The van der Waals surface area contributed by atoms with E-state index in [0.717, 1.165) is 16.8 Å². The second-order valence-electron chi connectivity index (χ2n) is 8.62. The van der Waals surface area contributed by atoms with Gasteiger partial charge in [-0.25, -0.2) is 4.98 Å². The van der Waals surface area contributed by atoms with Gasteiger partial charge in [-0.1, -0.05) is 18.2 Å². The molecule has 2 N–H and O–H groups in total. The van der Waals surface area contributed by atoms with Gasteiger partial charge in [0.1, 0.15) is 11.6 Å². The molecule has 7 nitrogen and oxygen atoms in total. The van der Waals surface area contributed by atoms with Crippen LogP contribution >= 0.6 is 0 Å². The summed E-state index contributed by atoms with van der Waals surface area (Å²) in [6, 6.07) is 11.2. The highest BCUT2D eigenvalue weighted by atomic mass is 16.5. The molecule has 0 spiro atoms. The van der Waals surface area contributed by atoms with Gasteiger partial charge in [-0.2, -0.15) is 0 Å². The van der Waals surface area contributed by atoms with Crippen molar-refractivity contribution >= 4 is 17.6 Å². The Morgan fingerprint density at radius 2 is 2.13 bits per heavy atom. The molecule has 1 unspecified atom stereocenters. The number of amides is 2. The molecule has 31 heavy (non-hydrogen) atoms. The Balaban J connectivity index is 1.41. The summed E-state index contributed by atoms with van der Waals surface area (Å²) in [5.74, 6) is 1.47. The van der Waals surface area contributed by atoms with Crippen LogP contribution in [0.5, 0.6) is 5.75 Å². The number of hydrogen-bond donors (Lipinski definition) is 2. The molecular formula is C24H29N3O4. The monoisotopic (exact) mass is 423 g/mol. The first kappa shape index (κ1) is 21.3. The van der Waals surface area contributed by atoms with Crippen molar-refractivity contribution in [2.75, 3.05) is 25.0 Å². The number of rotatable bonds is 8. The van der Waals surface area contributed by atoms with Crippen molar-refractivity contribution in [1.82, 2.24) is 9.88 Å². The molecule has 2 amide bonds. The number of aliphatic hydroxyl groups is 1. The molecule has 1 saturated heterocycles. The van der Waals surface area contributed by atoms with E-state index in [9.17, 15) is 14.7 Å². The molecule has 1 saturated carbocycles. The summed E-state index contributed by atoms with van der Waals surface area (Å²) in [4.78, 5) is 30.8. The maximum absolute atomic E-state index is 12.5. The Morgan fingerprint density at radius 3 is 2.84 bits per heavy atom. The van der Waals surface area contributed by atoms with Crippen LogP contribution in [0.1, 0.15) is 55.0 Å². The molecule has 1 aliphatic carbocycles. The molecule has 2 atom stereocenters. The largest absolute Gasteiger partial charge is 0.493 e. The summed E-state index contributed by atoms with van der Waals surface area (Å²) >= 11 is 0. The van der Waals surface area contributed by atoms with Gasteiger partial charge in [0.25, 0.3) is 0 Å². The van der Waals surface area contributed by atoms with Crippen molar-refractivity contribution < 1.29 is 19.4 Å². The molecule has 2 fully saturated rings. The second kappa shape index (κ2) is 9.06. The van der Waals surface area contributed by atoms with E-state index in [4.69, 9.17) is 4.74 Å². The van der Waals surface area contributed by atoms with E-state index in [1.807, 2.05) is 37.3 Å². The summed E-state index contributed by atoms with van der Waals surface area (Å²) < 4.78 is 5.99. The van der Waals surface area contributed by atoms with Crippen LogP contribution < -0.4 is 10.1 Å². The molecule has 2 aromatic rings. The third-order valence-corrected chi connectivity index (χ3v) is 5.84. The van der Waals surface area contributed by atoms with E-state index >= 15 is 0 Å². The lowest BCUT2D eigenvalue weighted by Gasteiger charge is -2.18. The van der Waals surface area contributed by atoms with Crippen molar-refractivity contribution in [3.63, 3.8) is 0 Å². The van der Waals surface area contributed by atoms with Crippen LogP contribution in [-0.2, 0) is 9.59 Å². The molecule has 1 aromatic carbocycles. The number of aryl methyl sites for hydroxylation is 1. The number of pyridine rings is 1. The van der Waals surface area contributed by atoms with Gasteiger partial charge in [0.05, 0.1) is 19.3 Å². The summed E-state index contributed by atoms with van der Waals surface area (Å²) in [5, 5.41) is 12.8. The van der Waals surface area contributed by atoms with Gasteiger partial charge in [0.2, 0.25) is 11.8 Å². The number of hydrogen-bond acceptors (Lipinski definition) is 5. The predicted molar refractivity (Wildman–Crippen MR) is 117 cm³/mol. The standard InChI is InChI=1S/C24H29N3O4/c1-15-4-3-5-22(25-15)26-23(29)13-27-12-19(11-24(27)30)18-8-9-20(16(2)28)21(10-18)31-14-17-6-7-17/h3-5,8-10,16-17,19,28H,6-7,11-14H2,1-2H3,(H,25,26,29)/t16?,19-/m1/s1. The highest BCUT2D eigenvalue weighted by Gasteiger charge is 2.32. The van der Waals surface area contributed by atoms with Crippen LogP contribution in [0.25, 0.3) is 0 Å². The summed E-state index contributed by atoms with van der Waals surface area (Å²) in [7, 11) is 0. The summed E-state index contributed by atoms with van der Waals surface area (Å²) in [6.07, 6.45) is 2.11. The Hall–Kier alpha value is -2.93. The molecule has 164 valence electrons. The molecule has 1 aromatic heterocycles. The molecule has 2 heterocycles. The second-order valence-corrected chi connectivity index (χ2v) is 8.62. The lowest BCUT2D eigenvalue weighted by molar-refractivity contribution is -0.131. The van der Waals surface area contributed by atoms with Gasteiger partial charge in [-0.15, -0.1) is 0 Å². The number of carbonyl (C=O) groups excluding carboxylic acids is 2. The van der Waals surface area contributed by atoms with Crippen LogP contribution in [-0.4, -0.2) is 46.5 Å². The molecule has 2 aliphatic rings. The van der Waals surface area contributed by atoms with Crippen molar-refractivity contribution in [1.29, 1.82) is 0 Å². The lowest BCUT2D eigenvalue weighted by Crippen LogP contribution is -2.34. The minimum Gasteiger partial charge on any atom is -0.493 e. The fourth-order valence-electron chi connectivity index (χ4n) is 3.88. The first-order valence-electron chi connectivity index (χ1n) is 10.8. The fourth-order valence-corrected chi connectivity index (χ4v) is 3.88. The van der Waals surface area contributed by atoms with E-state index < -0.39 is 6.10 Å². The number of aliphatic hydroxyl groups excluding tert-OH is 1. The molecular weight excluding hydrogens is 394 g/mol. The Morgan fingerprint density at radius 1 is 1.32 bits per heavy atom. The van der Waals surface area contributed by atoms with Gasteiger partial charge in [-0.05, 0) is 56.4 Å². The zero-order valence-electron chi connectivity index (χ0n) is 18.0. The molecule has 1 aliphatic heterocycles. The predicted octanol–water partition coefficient (Wildman–Crippen LogP) is 3.19. The van der Waals surface area contributed by atoms with Gasteiger partial charge in [0.15, 0.2) is 0 Å². The minimum atomic E-state index is -0.621. The van der Waals surface area contributed by atoms with Gasteiger partial charge < -0.3 is 20.1 Å². The van der Waals surface area contributed by atoms with Crippen molar-refractivity contribution in [2.24, 2.45) is 5.92 Å². The highest BCUT2D eigenvalue weighted by molar-refractivity contribution is 5.94. The van der Waals surface area contributed by atoms with Crippen molar-refractivity contribution in [2.45, 2.75) is 45.1 Å². The third kappa shape index (κ3) is 5.41. The minimum absolute atomic E-state index is 0.00174. The number of carbonyl (C=O) groups is 2.